The molecule has 0 amide bonds. The van der Waals surface area contributed by atoms with Gasteiger partial charge in [0, 0.05) is 28.0 Å². The molecule has 2 heterocycles. The Morgan fingerprint density at radius 3 is 2.08 bits per heavy atom. The molecule has 0 spiro atoms. The quantitative estimate of drug-likeness (QED) is 0.128. The Morgan fingerprint density at radius 2 is 1.57 bits per heavy atom. The molecular formula is C38H68BrNO6SSi2. The molecule has 1 N–H and O–H groups in total. The number of thiazole rings is 1. The summed E-state index contributed by atoms with van der Waals surface area (Å²) in [6.07, 6.45) is 2.54. The Kier molecular flexibility index (Phi) is 18.1. The SMILES string of the molecule is CC[Si](CC)(CC)OC1C(C)CCCC(O)C(Br)CC(C(C)=Cc2csc(C)n2)OC(=O)CC(O[Si](CC)(CC)CC)C(C)(C)C(=O)C1C. The molecule has 7 atom stereocenters. The predicted molar refractivity (Wildman–Crippen MR) is 213 cm³/mol. The third-order valence-corrected chi connectivity index (χ3v) is 22.8. The van der Waals surface area contributed by atoms with Gasteiger partial charge < -0.3 is 18.7 Å². The molecule has 1 aromatic heterocycles. The standard InChI is InChI=1S/C38H68BrNO6SSi2/c1-13-48(14-2,15-3)45-34-24-35(42)44-33(27(8)22-30-25-47-29(10)40-30)23-31(39)32(41)21-19-20-26(7)36(28(9)37(43)38(34,11)12)46-49(16-4,17-5)18-6/h22,25-26,28,31-34,36,41H,13-21,23-24H2,1-12H3. The van der Waals surface area contributed by atoms with Crippen molar-refractivity contribution in [1.29, 1.82) is 0 Å². The van der Waals surface area contributed by atoms with Crippen molar-refractivity contribution in [3.05, 3.63) is 21.7 Å². The zero-order chi connectivity index (χ0) is 37.2. The zero-order valence-corrected chi connectivity index (χ0v) is 37.1. The lowest BCUT2D eigenvalue weighted by Gasteiger charge is -2.44. The van der Waals surface area contributed by atoms with E-state index in [1.807, 2.05) is 46.1 Å². The Bertz CT molecular complexity index is 1200. The van der Waals surface area contributed by atoms with Crippen LogP contribution in [0.25, 0.3) is 6.08 Å². The number of alkyl halides is 1. The van der Waals surface area contributed by atoms with E-state index in [9.17, 15) is 14.7 Å². The van der Waals surface area contributed by atoms with Gasteiger partial charge in [-0.25, -0.2) is 4.98 Å². The zero-order valence-electron chi connectivity index (χ0n) is 32.7. The minimum atomic E-state index is -2.24. The second-order valence-corrected chi connectivity index (χ2v) is 26.8. The number of aromatic nitrogens is 1. The first-order valence-corrected chi connectivity index (χ1v) is 25.8. The molecule has 282 valence electrons. The number of carbonyl (C=O) groups excluding carboxylic acids is 2. The van der Waals surface area contributed by atoms with Crippen LogP contribution in [-0.4, -0.2) is 67.7 Å². The van der Waals surface area contributed by atoms with E-state index >= 15 is 0 Å². The van der Waals surface area contributed by atoms with Crippen LogP contribution in [-0.2, 0) is 23.2 Å². The number of halogens is 1. The number of aliphatic hydroxyl groups is 1. The van der Waals surface area contributed by atoms with E-state index in [2.05, 4.69) is 69.4 Å². The third-order valence-electron chi connectivity index (χ3n) is 11.7. The molecule has 11 heteroatoms. The largest absolute Gasteiger partial charge is 0.458 e. The number of hydrogen-bond donors (Lipinski definition) is 1. The molecule has 7 unspecified atom stereocenters. The lowest BCUT2D eigenvalue weighted by Crippen LogP contribution is -2.53. The summed E-state index contributed by atoms with van der Waals surface area (Å²) in [6, 6.07) is 5.74. The summed E-state index contributed by atoms with van der Waals surface area (Å²) in [6.45, 7) is 25.3. The summed E-state index contributed by atoms with van der Waals surface area (Å²) in [5.41, 5.74) is 0.741. The summed E-state index contributed by atoms with van der Waals surface area (Å²) in [5, 5.41) is 14.3. The van der Waals surface area contributed by atoms with Crippen LogP contribution in [0.2, 0.25) is 36.3 Å². The summed E-state index contributed by atoms with van der Waals surface area (Å²) in [4.78, 5) is 33.2. The molecule has 1 aliphatic heterocycles. The molecule has 0 aliphatic carbocycles. The Morgan fingerprint density at radius 1 is 1.02 bits per heavy atom. The molecule has 0 aromatic carbocycles. The summed E-state index contributed by atoms with van der Waals surface area (Å²) >= 11 is 5.35. The lowest BCUT2D eigenvalue weighted by molar-refractivity contribution is -0.153. The average Bonchev–Trinajstić information content (AvgIpc) is 3.49. The number of ether oxygens (including phenoxy) is 1. The number of carbonyl (C=O) groups is 2. The van der Waals surface area contributed by atoms with E-state index in [0.717, 1.165) is 65.4 Å². The molecular weight excluding hydrogens is 735 g/mol. The number of rotatable bonds is 12. The Hall–Kier alpha value is -0.696. The van der Waals surface area contributed by atoms with Crippen molar-refractivity contribution in [2.75, 3.05) is 0 Å². The molecule has 0 bridgehead atoms. The summed E-state index contributed by atoms with van der Waals surface area (Å²) < 4.78 is 20.6. The van der Waals surface area contributed by atoms with Crippen LogP contribution in [0.5, 0.6) is 0 Å². The maximum atomic E-state index is 14.9. The number of hydrogen-bond acceptors (Lipinski definition) is 8. The topological polar surface area (TPSA) is 95.0 Å². The minimum Gasteiger partial charge on any atom is -0.458 e. The van der Waals surface area contributed by atoms with E-state index in [-0.39, 0.29) is 35.0 Å². The smallest absolute Gasteiger partial charge is 0.309 e. The van der Waals surface area contributed by atoms with Gasteiger partial charge in [0.2, 0.25) is 0 Å². The van der Waals surface area contributed by atoms with Crippen molar-refractivity contribution in [1.82, 2.24) is 4.98 Å². The van der Waals surface area contributed by atoms with Crippen molar-refractivity contribution in [3.8, 4) is 0 Å². The molecule has 7 nitrogen and oxygen atoms in total. The molecule has 1 aliphatic rings. The first kappa shape index (κ1) is 44.5. The Balaban J connectivity index is 2.66. The van der Waals surface area contributed by atoms with Crippen LogP contribution >= 0.6 is 27.3 Å². The van der Waals surface area contributed by atoms with Gasteiger partial charge in [0.15, 0.2) is 16.6 Å². The van der Waals surface area contributed by atoms with Gasteiger partial charge in [-0.3, -0.25) is 9.59 Å². The number of aliphatic hydroxyl groups excluding tert-OH is 1. The number of esters is 1. The molecule has 1 fully saturated rings. The van der Waals surface area contributed by atoms with Gasteiger partial charge in [-0.05, 0) is 80.5 Å². The second-order valence-electron chi connectivity index (χ2n) is 15.1. The predicted octanol–water partition coefficient (Wildman–Crippen LogP) is 10.5. The van der Waals surface area contributed by atoms with Crippen LogP contribution in [0.1, 0.15) is 119 Å². The van der Waals surface area contributed by atoms with Crippen LogP contribution < -0.4 is 0 Å². The van der Waals surface area contributed by atoms with Gasteiger partial charge >= 0.3 is 5.97 Å². The van der Waals surface area contributed by atoms with Crippen LogP contribution in [0.3, 0.4) is 0 Å². The van der Waals surface area contributed by atoms with Gasteiger partial charge in [0.1, 0.15) is 11.9 Å². The van der Waals surface area contributed by atoms with Gasteiger partial charge in [-0.15, -0.1) is 11.3 Å². The fourth-order valence-electron chi connectivity index (χ4n) is 7.45. The van der Waals surface area contributed by atoms with E-state index < -0.39 is 46.3 Å². The number of ketones is 1. The monoisotopic (exact) mass is 801 g/mol. The second kappa shape index (κ2) is 19.9. The summed E-state index contributed by atoms with van der Waals surface area (Å²) in [5.74, 6) is -0.572. The van der Waals surface area contributed by atoms with E-state index in [1.165, 1.54) is 0 Å². The summed E-state index contributed by atoms with van der Waals surface area (Å²) in [7, 11) is -4.29. The van der Waals surface area contributed by atoms with Crippen molar-refractivity contribution >= 4 is 61.7 Å². The highest BCUT2D eigenvalue weighted by Crippen LogP contribution is 2.40. The average molecular weight is 803 g/mol. The fourth-order valence-corrected chi connectivity index (χ4v) is 14.6. The van der Waals surface area contributed by atoms with E-state index in [4.69, 9.17) is 13.6 Å². The lowest BCUT2D eigenvalue weighted by atomic mass is 9.73. The molecule has 49 heavy (non-hydrogen) atoms. The van der Waals surface area contributed by atoms with Crippen molar-refractivity contribution < 1.29 is 28.3 Å². The third kappa shape index (κ3) is 11.9. The molecule has 0 saturated carbocycles. The molecule has 1 aromatic rings. The number of Topliss-reactive ketones (excluding diaryl/α,β-unsaturated/α-hetero) is 1. The van der Waals surface area contributed by atoms with Crippen LogP contribution in [0.15, 0.2) is 11.0 Å². The molecule has 0 radical (unpaired) electrons. The molecule has 2 rings (SSSR count). The van der Waals surface area contributed by atoms with Crippen molar-refractivity contribution in [3.63, 3.8) is 0 Å². The normalized spacial score (nSPS) is 28.8. The highest BCUT2D eigenvalue weighted by Gasteiger charge is 2.48. The molecule has 1 saturated heterocycles. The number of nitrogens with zero attached hydrogens (tertiary/aromatic N) is 1. The van der Waals surface area contributed by atoms with Gasteiger partial charge in [0.05, 0.1) is 35.4 Å². The highest BCUT2D eigenvalue weighted by atomic mass is 79.9. The van der Waals surface area contributed by atoms with Gasteiger partial charge in [0.25, 0.3) is 0 Å². The van der Waals surface area contributed by atoms with Gasteiger partial charge in [-0.2, -0.15) is 0 Å². The van der Waals surface area contributed by atoms with Crippen LogP contribution in [0, 0.1) is 24.2 Å². The van der Waals surface area contributed by atoms with Crippen LogP contribution in [0.4, 0.5) is 0 Å². The van der Waals surface area contributed by atoms with Crippen molar-refractivity contribution in [2.45, 2.75) is 181 Å². The number of cyclic esters (lactones) is 1. The Labute approximate surface area is 313 Å². The van der Waals surface area contributed by atoms with E-state index in [1.54, 1.807) is 11.3 Å². The number of aryl methyl sites for hydroxylation is 1. The van der Waals surface area contributed by atoms with Gasteiger partial charge in [-0.1, -0.05) is 91.6 Å². The first-order chi connectivity index (χ1) is 23.0. The van der Waals surface area contributed by atoms with Crippen molar-refractivity contribution in [2.24, 2.45) is 17.3 Å². The highest BCUT2D eigenvalue weighted by molar-refractivity contribution is 9.09. The maximum absolute atomic E-state index is 14.9. The maximum Gasteiger partial charge on any atom is 0.309 e. The fraction of sp³-hybridized carbons (Fsp3) is 0.816. The minimum absolute atomic E-state index is 0.0199. The van der Waals surface area contributed by atoms with E-state index in [0.29, 0.717) is 12.8 Å². The first-order valence-electron chi connectivity index (χ1n) is 19.0.